The summed E-state index contributed by atoms with van der Waals surface area (Å²) >= 11 is 0. The minimum absolute atomic E-state index is 0.104. The third-order valence-electron chi connectivity index (χ3n) is 12.3. The molecule has 0 fully saturated rings. The molecule has 0 amide bonds. The van der Waals surface area contributed by atoms with Gasteiger partial charge in [-0.25, -0.2) is 0 Å². The molecule has 0 radical (unpaired) electrons. The summed E-state index contributed by atoms with van der Waals surface area (Å²) in [6, 6.07) is 8.82. The highest BCUT2D eigenvalue weighted by Crippen LogP contribution is 2.46. The third kappa shape index (κ3) is 32.1. The number of ether oxygens (including phenoxy) is 1. The van der Waals surface area contributed by atoms with E-state index in [4.69, 9.17) is 4.74 Å². The van der Waals surface area contributed by atoms with Crippen LogP contribution in [0.4, 0.5) is 0 Å². The van der Waals surface area contributed by atoms with Crippen LogP contribution in [-0.4, -0.2) is 33.3 Å². The first kappa shape index (κ1) is 77.1. The number of aryl methyl sites for hydroxylation is 4. The minimum atomic E-state index is -0.714. The lowest BCUT2D eigenvalue weighted by molar-refractivity contribution is -0.152. The number of carbonyl (C=O) groups excluding carboxylic acids is 1. The molecule has 4 atom stereocenters. The van der Waals surface area contributed by atoms with Crippen LogP contribution in [0.25, 0.3) is 0 Å². The molecule has 0 saturated carbocycles. The summed E-state index contributed by atoms with van der Waals surface area (Å²) in [4.78, 5) is 23.8. The highest BCUT2D eigenvalue weighted by molar-refractivity contribution is 5.80. The van der Waals surface area contributed by atoms with Crippen molar-refractivity contribution in [3.63, 3.8) is 0 Å². The Hall–Kier alpha value is -16.0. The van der Waals surface area contributed by atoms with Gasteiger partial charge in [0.05, 0.1) is 30.0 Å². The Kier molecular flexibility index (Phi) is 38.9. The Labute approximate surface area is 564 Å². The van der Waals surface area contributed by atoms with Crippen LogP contribution in [0.1, 0.15) is 75.4 Å². The lowest BCUT2D eigenvalue weighted by Gasteiger charge is -2.30. The van der Waals surface area contributed by atoms with Crippen LogP contribution in [0.5, 0.6) is 0 Å². The first-order valence-electron chi connectivity index (χ1n) is 28.3. The number of allylic oxidation sites excluding steroid dienone is 2. The van der Waals surface area contributed by atoms with Crippen molar-refractivity contribution in [2.45, 2.75) is 80.3 Å². The molecule has 0 aliphatic heterocycles. The quantitative estimate of drug-likeness (QED) is 0.178. The molecule has 2 aromatic heterocycles. The van der Waals surface area contributed by atoms with Gasteiger partial charge in [0.1, 0.15) is 0 Å². The number of methoxy groups -OCH3 is 1. The number of nitrogens with zero attached hydrogens (tertiary/aromatic N) is 2. The van der Waals surface area contributed by atoms with E-state index in [1.807, 2.05) is 32.1 Å². The fraction of sp³-hybridized carbons (Fsp3) is 0.187. The number of hydrogen-bond donors (Lipinski definition) is 1. The molecule has 0 aromatic carbocycles. The van der Waals surface area contributed by atoms with Crippen molar-refractivity contribution >= 4 is 11.9 Å². The highest BCUT2D eigenvalue weighted by Gasteiger charge is 2.46. The van der Waals surface area contributed by atoms with Crippen LogP contribution in [0.15, 0.2) is 394 Å². The van der Waals surface area contributed by atoms with Crippen molar-refractivity contribution in [3.05, 3.63) is 417 Å². The molecule has 0 bridgehead atoms. The molecule has 2 aliphatic carbocycles. The molecule has 0 spiro atoms. The fourth-order valence-corrected chi connectivity index (χ4v) is 7.91. The Morgan fingerprint density at radius 2 is 0.515 bits per heavy atom. The molecule has 2 aromatic rings. The largest absolute Gasteiger partial charge is 0.481 e. The van der Waals surface area contributed by atoms with E-state index in [1.54, 1.807) is 0 Å². The van der Waals surface area contributed by atoms with Crippen molar-refractivity contribution in [2.24, 2.45) is 22.7 Å². The van der Waals surface area contributed by atoms with Crippen LogP contribution in [0.2, 0.25) is 0 Å². The molecular formula is C91H48N2O4. The third-order valence-corrected chi connectivity index (χ3v) is 12.3. The zero-order valence-corrected chi connectivity index (χ0v) is 54.3. The summed E-state index contributed by atoms with van der Waals surface area (Å²) in [5, 5.41) is 9.53. The number of aliphatic carboxylic acids is 1. The maximum absolute atomic E-state index is 12.2. The molecule has 2 heterocycles. The van der Waals surface area contributed by atoms with Gasteiger partial charge in [-0.15, -0.1) is 0 Å². The van der Waals surface area contributed by atoms with Crippen molar-refractivity contribution in [1.82, 2.24) is 9.13 Å². The van der Waals surface area contributed by atoms with Crippen molar-refractivity contribution < 1.29 is 19.4 Å². The summed E-state index contributed by atoms with van der Waals surface area (Å²) in [6.45, 7) is 23.1. The van der Waals surface area contributed by atoms with Gasteiger partial charge in [-0.2, -0.15) is 0 Å². The maximum Gasteiger partial charge on any atom is 0.316 e. The summed E-state index contributed by atoms with van der Waals surface area (Å²) in [7, 11) is 1.47. The minimum Gasteiger partial charge on any atom is -0.481 e. The van der Waals surface area contributed by atoms with Crippen molar-refractivity contribution in [3.8, 4) is 0 Å². The van der Waals surface area contributed by atoms with Gasteiger partial charge in [0.2, 0.25) is 0 Å². The number of carbonyl (C=O) groups is 2. The van der Waals surface area contributed by atoms with Crippen LogP contribution in [0.3, 0.4) is 0 Å². The molecule has 6 nitrogen and oxygen atoms in total. The average molecular weight is 1230 g/mol. The molecular weight excluding hydrogens is 1190 g/mol. The normalized spacial score (nSPS) is 12.6. The second-order valence-corrected chi connectivity index (χ2v) is 18.8. The number of rotatable bonds is 6. The van der Waals surface area contributed by atoms with Gasteiger partial charge in [0, 0.05) is 252 Å². The molecule has 1 N–H and O–H groups in total. The van der Waals surface area contributed by atoms with Crippen LogP contribution in [-0.2, 0) is 14.3 Å². The molecule has 2 aliphatic rings. The number of esters is 1. The number of carboxylic acid groups (broad SMARTS) is 1. The van der Waals surface area contributed by atoms with E-state index < -0.39 is 16.8 Å². The summed E-state index contributed by atoms with van der Waals surface area (Å²) in [5.41, 5.74) is 148. The van der Waals surface area contributed by atoms with Gasteiger partial charge in [-0.1, -0.05) is 63.5 Å². The van der Waals surface area contributed by atoms with E-state index in [1.165, 1.54) is 29.9 Å². The zero-order chi connectivity index (χ0) is 70.7. The predicted molar refractivity (Wildman–Crippen MR) is 363 cm³/mol. The predicted octanol–water partition coefficient (Wildman–Crippen LogP) is 16.6. The maximum atomic E-state index is 12.2. The number of aromatic nitrogens is 2. The van der Waals surface area contributed by atoms with Gasteiger partial charge < -0.3 is 19.0 Å². The molecule has 4 rings (SSSR count). The van der Waals surface area contributed by atoms with Gasteiger partial charge in [0.25, 0.3) is 0 Å². The topological polar surface area (TPSA) is 73.5 Å². The monoisotopic (exact) mass is 1230 g/mol. The Bertz CT molecular complexity index is 5790. The molecule has 0 saturated heterocycles. The van der Waals surface area contributed by atoms with E-state index in [9.17, 15) is 14.7 Å². The number of hydrogen-bond acceptors (Lipinski definition) is 3. The Balaban J connectivity index is 0.000000683. The molecule has 446 valence electrons. The smallest absolute Gasteiger partial charge is 0.316 e. The second kappa shape index (κ2) is 48.9. The van der Waals surface area contributed by atoms with E-state index in [0.717, 1.165) is 6.42 Å². The summed E-state index contributed by atoms with van der Waals surface area (Å²) < 4.78 is 9.55. The van der Waals surface area contributed by atoms with Gasteiger partial charge >= 0.3 is 11.9 Å². The zero-order valence-electron chi connectivity index (χ0n) is 54.3. The lowest BCUT2D eigenvalue weighted by atomic mass is 9.76. The highest BCUT2D eigenvalue weighted by atomic mass is 16.5. The SMILES string of the molecule is C=C=C=C=C=C=C=C=C=C=C=C=C=C=C=C=C=C=C=C=C=C=C=C=C=C=C=C=C=C=C=C=C=C=C=C=C=C=C=C=C=C=C=C=C=C=C=C=C=C=C=C=C=C=C=C=C=C=C=C.COC(=O)[C@@]1(C(C)C)C=C[C@@H](n2c(C)ccc2C)C1.Cc1ccc(C)n1[C@@H]1C=C[C@@](C(=O)O)(C(C)C)C1. The number of carboxylic acids is 1. The Morgan fingerprint density at radius 1 is 0.351 bits per heavy atom. The molecule has 97 heavy (non-hydrogen) atoms. The van der Waals surface area contributed by atoms with Gasteiger partial charge in [-0.3, -0.25) is 9.59 Å². The van der Waals surface area contributed by atoms with E-state index in [-0.39, 0.29) is 29.9 Å². The van der Waals surface area contributed by atoms with Gasteiger partial charge in [0.15, 0.2) is 0 Å². The first-order chi connectivity index (χ1) is 47.2. The van der Waals surface area contributed by atoms with Crippen LogP contribution < -0.4 is 0 Å². The van der Waals surface area contributed by atoms with E-state index in [2.05, 4.69) is 427 Å². The molecule has 0 unspecified atom stereocenters. The van der Waals surface area contributed by atoms with Crippen molar-refractivity contribution in [2.75, 3.05) is 7.11 Å². The summed E-state index contributed by atoms with van der Waals surface area (Å²) in [6.07, 6.45) is 9.58. The fourth-order valence-electron chi connectivity index (χ4n) is 7.91. The molecule has 6 heteroatoms. The van der Waals surface area contributed by atoms with Crippen molar-refractivity contribution in [1.29, 1.82) is 0 Å². The van der Waals surface area contributed by atoms with Gasteiger partial charge in [-0.05, 0) is 181 Å². The Morgan fingerprint density at radius 3 is 0.660 bits per heavy atom. The van der Waals surface area contributed by atoms with Crippen LogP contribution >= 0.6 is 0 Å². The average Bonchev–Trinajstić information content (AvgIpc) is 1.64. The standard InChI is InChI=1S/C60H4.C16H23NO2.C15H21NO2/c1-3-5-7-9-11-13-15-17-19-21-23-25-27-29-31-33-35-37-39-41-43-45-47-49-51-53-55-57-59-60-58-56-54-52-50-48-46-44-42-40-38-36-34-32-30-28-26-24-22-20-18-16-14-12-10-8-6-4-2;1-11(2)16(15(18)19-5)9-8-14(10-16)17-12(3)6-7-13(17)4;1-10(2)15(14(17)18)8-7-13(9-15)16-11(3)5-6-12(16)4/h1-2H2;6-9,11,14H,10H2,1-5H3;5-8,10,13H,9H2,1-4H3,(H,17,18)/t;14-,16+;13-,15+/m.11/s1. The van der Waals surface area contributed by atoms with E-state index >= 15 is 0 Å². The van der Waals surface area contributed by atoms with Crippen LogP contribution in [0, 0.1) is 50.4 Å². The lowest BCUT2D eigenvalue weighted by Crippen LogP contribution is -2.35. The first-order valence-corrected chi connectivity index (χ1v) is 28.3. The summed E-state index contributed by atoms with van der Waals surface area (Å²) in [5.74, 6) is -0.493. The van der Waals surface area contributed by atoms with E-state index in [0.29, 0.717) is 6.42 Å². The second-order valence-electron chi connectivity index (χ2n) is 18.8.